The second-order valence-corrected chi connectivity index (χ2v) is 6.38. The molecular weight excluding hydrogens is 245 g/mol. The third-order valence-corrected chi connectivity index (χ3v) is 5.48. The lowest BCUT2D eigenvalue weighted by Crippen LogP contribution is -2.44. The van der Waals surface area contributed by atoms with Gasteiger partial charge in [-0.2, -0.15) is 11.8 Å². The van der Waals surface area contributed by atoms with Gasteiger partial charge in [-0.25, -0.2) is 4.39 Å². The van der Waals surface area contributed by atoms with Gasteiger partial charge < -0.3 is 5.32 Å². The van der Waals surface area contributed by atoms with Crippen LogP contribution in [0.15, 0.2) is 24.3 Å². The van der Waals surface area contributed by atoms with Gasteiger partial charge in [0.25, 0.3) is 0 Å². The number of benzene rings is 1. The van der Waals surface area contributed by atoms with E-state index >= 15 is 0 Å². The Bertz CT molecular complexity index is 384. The zero-order valence-corrected chi connectivity index (χ0v) is 12.0. The van der Waals surface area contributed by atoms with E-state index < -0.39 is 0 Å². The molecule has 3 heteroatoms. The van der Waals surface area contributed by atoms with Gasteiger partial charge in [0, 0.05) is 22.9 Å². The highest BCUT2D eigenvalue weighted by atomic mass is 32.2. The van der Waals surface area contributed by atoms with Gasteiger partial charge >= 0.3 is 0 Å². The summed E-state index contributed by atoms with van der Waals surface area (Å²) >= 11 is 1.95. The van der Waals surface area contributed by atoms with Crippen molar-refractivity contribution in [3.63, 3.8) is 0 Å². The Hall–Kier alpha value is -0.540. The van der Waals surface area contributed by atoms with Crippen molar-refractivity contribution < 1.29 is 4.39 Å². The van der Waals surface area contributed by atoms with Gasteiger partial charge in [-0.1, -0.05) is 31.5 Å². The summed E-state index contributed by atoms with van der Waals surface area (Å²) in [7, 11) is 0. The van der Waals surface area contributed by atoms with Crippen molar-refractivity contribution in [1.82, 2.24) is 5.32 Å². The molecular formula is C15H22FNS. The molecule has 0 bridgehead atoms. The van der Waals surface area contributed by atoms with Crippen molar-refractivity contribution in [2.24, 2.45) is 0 Å². The Balaban J connectivity index is 2.00. The molecule has 18 heavy (non-hydrogen) atoms. The second-order valence-electron chi connectivity index (χ2n) is 5.10. The van der Waals surface area contributed by atoms with E-state index in [-0.39, 0.29) is 11.9 Å². The minimum Gasteiger partial charge on any atom is -0.308 e. The molecule has 0 aliphatic heterocycles. The first-order valence-corrected chi connectivity index (χ1v) is 7.96. The maximum absolute atomic E-state index is 13.8. The summed E-state index contributed by atoms with van der Waals surface area (Å²) in [4.78, 5) is 0. The first-order chi connectivity index (χ1) is 8.71. The predicted molar refractivity (Wildman–Crippen MR) is 77.5 cm³/mol. The van der Waals surface area contributed by atoms with Crippen molar-refractivity contribution in [2.45, 2.75) is 43.4 Å². The average Bonchev–Trinajstić information content (AvgIpc) is 2.34. The first kappa shape index (κ1) is 13.9. The minimum absolute atomic E-state index is 0.0938. The molecule has 1 atom stereocenters. The van der Waals surface area contributed by atoms with Crippen molar-refractivity contribution >= 4 is 11.8 Å². The average molecular weight is 267 g/mol. The number of rotatable bonds is 6. The van der Waals surface area contributed by atoms with Gasteiger partial charge in [0.05, 0.1) is 0 Å². The van der Waals surface area contributed by atoms with Crippen LogP contribution in [0.1, 0.15) is 44.2 Å². The van der Waals surface area contributed by atoms with E-state index in [1.165, 1.54) is 19.3 Å². The Morgan fingerprint density at radius 2 is 2.11 bits per heavy atom. The minimum atomic E-state index is -0.0938. The maximum atomic E-state index is 13.8. The van der Waals surface area contributed by atoms with Crippen LogP contribution in [-0.4, -0.2) is 17.5 Å². The van der Waals surface area contributed by atoms with E-state index in [0.29, 0.717) is 4.75 Å². The number of hydrogen-bond acceptors (Lipinski definition) is 2. The van der Waals surface area contributed by atoms with Gasteiger partial charge in [0.2, 0.25) is 0 Å². The van der Waals surface area contributed by atoms with Crippen LogP contribution in [-0.2, 0) is 0 Å². The fraction of sp³-hybridized carbons (Fsp3) is 0.600. The molecule has 100 valence electrons. The number of halogens is 1. The Morgan fingerprint density at radius 1 is 1.39 bits per heavy atom. The van der Waals surface area contributed by atoms with Gasteiger partial charge in [-0.15, -0.1) is 0 Å². The Labute approximate surface area is 114 Å². The normalized spacial score (nSPS) is 19.3. The smallest absolute Gasteiger partial charge is 0.127 e. The van der Waals surface area contributed by atoms with Gasteiger partial charge in [0.15, 0.2) is 0 Å². The van der Waals surface area contributed by atoms with Crippen LogP contribution < -0.4 is 5.32 Å². The van der Waals surface area contributed by atoms with Crippen LogP contribution in [0, 0.1) is 5.82 Å². The van der Waals surface area contributed by atoms with Crippen molar-refractivity contribution in [2.75, 3.05) is 12.8 Å². The number of thioether (sulfide) groups is 1. The van der Waals surface area contributed by atoms with Crippen molar-refractivity contribution in [3.8, 4) is 0 Å². The molecule has 1 fully saturated rings. The molecule has 1 saturated carbocycles. The van der Waals surface area contributed by atoms with Crippen LogP contribution in [0.4, 0.5) is 4.39 Å². The van der Waals surface area contributed by atoms with E-state index in [9.17, 15) is 4.39 Å². The molecule has 0 spiro atoms. The van der Waals surface area contributed by atoms with Crippen LogP contribution in [0.5, 0.6) is 0 Å². The molecule has 1 aromatic rings. The van der Waals surface area contributed by atoms with Gasteiger partial charge in [-0.3, -0.25) is 0 Å². The van der Waals surface area contributed by atoms with Crippen molar-refractivity contribution in [3.05, 3.63) is 35.6 Å². The van der Waals surface area contributed by atoms with Crippen molar-refractivity contribution in [1.29, 1.82) is 0 Å². The van der Waals surface area contributed by atoms with Crippen LogP contribution in [0.2, 0.25) is 0 Å². The standard InChI is InChI=1S/C15H22FNS/c1-3-14(12-7-4-5-8-13(12)16)17-11-15(18-2)9-6-10-15/h4-5,7-8,14,17H,3,6,9-11H2,1-2H3. The summed E-state index contributed by atoms with van der Waals surface area (Å²) in [6, 6.07) is 7.24. The molecule has 0 amide bonds. The third-order valence-electron chi connectivity index (χ3n) is 4.06. The van der Waals surface area contributed by atoms with Crippen LogP contribution in [0.25, 0.3) is 0 Å². The SMILES string of the molecule is CCC(NCC1(SC)CCC1)c1ccccc1F. The first-order valence-electron chi connectivity index (χ1n) is 6.74. The molecule has 1 aliphatic rings. The lowest BCUT2D eigenvalue weighted by atomic mass is 9.84. The molecule has 1 aromatic carbocycles. The van der Waals surface area contributed by atoms with Crippen LogP contribution >= 0.6 is 11.8 Å². The molecule has 1 nitrogen and oxygen atoms in total. The highest BCUT2D eigenvalue weighted by Gasteiger charge is 2.36. The molecule has 0 radical (unpaired) electrons. The van der Waals surface area contributed by atoms with Gasteiger partial charge in [0.1, 0.15) is 5.82 Å². The maximum Gasteiger partial charge on any atom is 0.127 e. The number of nitrogens with one attached hydrogen (secondary N) is 1. The fourth-order valence-electron chi connectivity index (χ4n) is 2.57. The second kappa shape index (κ2) is 6.07. The van der Waals surface area contributed by atoms with Gasteiger partial charge in [-0.05, 0) is 31.6 Å². The lowest BCUT2D eigenvalue weighted by Gasteiger charge is -2.41. The molecule has 1 N–H and O–H groups in total. The molecule has 0 saturated heterocycles. The molecule has 0 heterocycles. The highest BCUT2D eigenvalue weighted by Crippen LogP contribution is 2.42. The molecule has 1 unspecified atom stereocenters. The topological polar surface area (TPSA) is 12.0 Å². The van der Waals surface area contributed by atoms with E-state index in [0.717, 1.165) is 18.5 Å². The predicted octanol–water partition coefficient (Wildman–Crippen LogP) is 4.15. The number of hydrogen-bond donors (Lipinski definition) is 1. The van der Waals surface area contributed by atoms with E-state index in [4.69, 9.17) is 0 Å². The summed E-state index contributed by atoms with van der Waals surface area (Å²) < 4.78 is 14.2. The Morgan fingerprint density at radius 3 is 2.61 bits per heavy atom. The largest absolute Gasteiger partial charge is 0.308 e. The summed E-state index contributed by atoms with van der Waals surface area (Å²) in [6.45, 7) is 3.09. The lowest BCUT2D eigenvalue weighted by molar-refractivity contribution is 0.326. The summed E-state index contributed by atoms with van der Waals surface area (Å²) in [5.41, 5.74) is 0.801. The molecule has 2 rings (SSSR count). The Kier molecular flexibility index (Phi) is 4.68. The fourth-order valence-corrected chi connectivity index (χ4v) is 3.49. The monoisotopic (exact) mass is 267 g/mol. The zero-order valence-electron chi connectivity index (χ0n) is 11.2. The van der Waals surface area contributed by atoms with E-state index in [2.05, 4.69) is 18.5 Å². The van der Waals surface area contributed by atoms with E-state index in [1.807, 2.05) is 23.9 Å². The highest BCUT2D eigenvalue weighted by molar-refractivity contribution is 8.00. The zero-order chi connectivity index (χ0) is 13.0. The summed E-state index contributed by atoms with van der Waals surface area (Å²) in [5.74, 6) is -0.0938. The third kappa shape index (κ3) is 2.89. The quantitative estimate of drug-likeness (QED) is 0.831. The molecule has 0 aromatic heterocycles. The summed E-state index contributed by atoms with van der Waals surface area (Å²) in [5, 5.41) is 3.56. The summed E-state index contributed by atoms with van der Waals surface area (Å²) in [6.07, 6.45) is 7.01. The van der Waals surface area contributed by atoms with E-state index in [1.54, 1.807) is 12.1 Å². The molecule has 1 aliphatic carbocycles. The van der Waals surface area contributed by atoms with Crippen LogP contribution in [0.3, 0.4) is 0 Å².